The lowest BCUT2D eigenvalue weighted by Crippen LogP contribution is -2.57. The Hall–Kier alpha value is -0.120. The largest absolute Gasteiger partial charge is 0.390 e. The molecule has 0 aromatic carbocycles. The summed E-state index contributed by atoms with van der Waals surface area (Å²) in [6, 6.07) is 0. The molecule has 0 aliphatic carbocycles. The lowest BCUT2D eigenvalue weighted by Gasteiger charge is -2.38. The second-order valence-electron chi connectivity index (χ2n) is 2.27. The van der Waals surface area contributed by atoms with E-state index in [0.29, 0.717) is 0 Å². The Labute approximate surface area is 47.9 Å². The van der Waals surface area contributed by atoms with Crippen molar-refractivity contribution in [3.8, 4) is 0 Å². The quantitative estimate of drug-likeness (QED) is 0.470. The highest BCUT2D eigenvalue weighted by atomic mass is 16.5. The molecular formula is C5H10O3. The van der Waals surface area contributed by atoms with Crippen molar-refractivity contribution >= 4 is 0 Å². The molecule has 1 aliphatic rings. The van der Waals surface area contributed by atoms with E-state index in [4.69, 9.17) is 10.2 Å². The SMILES string of the molecule is CC(O)C1(O)COC1. The first kappa shape index (κ1) is 6.01. The maximum Gasteiger partial charge on any atom is 0.136 e. The Morgan fingerprint density at radius 1 is 1.62 bits per heavy atom. The molecule has 48 valence electrons. The molecule has 0 spiro atoms. The van der Waals surface area contributed by atoms with Gasteiger partial charge in [0.05, 0.1) is 19.3 Å². The summed E-state index contributed by atoms with van der Waals surface area (Å²) in [6.07, 6.45) is -0.670. The molecule has 2 N–H and O–H groups in total. The van der Waals surface area contributed by atoms with Crippen LogP contribution in [0.2, 0.25) is 0 Å². The predicted molar refractivity (Wildman–Crippen MR) is 27.4 cm³/mol. The Bertz CT molecular complexity index is 85.7. The zero-order valence-corrected chi connectivity index (χ0v) is 4.79. The summed E-state index contributed by atoms with van der Waals surface area (Å²) in [4.78, 5) is 0. The summed E-state index contributed by atoms with van der Waals surface area (Å²) in [7, 11) is 0. The van der Waals surface area contributed by atoms with Gasteiger partial charge in [0.15, 0.2) is 0 Å². The number of aliphatic hydroxyl groups is 2. The van der Waals surface area contributed by atoms with Gasteiger partial charge in [-0.1, -0.05) is 0 Å². The monoisotopic (exact) mass is 118 g/mol. The van der Waals surface area contributed by atoms with Crippen molar-refractivity contribution < 1.29 is 14.9 Å². The van der Waals surface area contributed by atoms with Crippen molar-refractivity contribution in [3.05, 3.63) is 0 Å². The maximum atomic E-state index is 9.11. The van der Waals surface area contributed by atoms with Crippen molar-refractivity contribution in [2.45, 2.75) is 18.6 Å². The molecule has 3 nitrogen and oxygen atoms in total. The molecule has 0 bridgehead atoms. The van der Waals surface area contributed by atoms with Crippen LogP contribution in [0.5, 0.6) is 0 Å². The summed E-state index contributed by atoms with van der Waals surface area (Å²) >= 11 is 0. The van der Waals surface area contributed by atoms with E-state index < -0.39 is 11.7 Å². The minimum absolute atomic E-state index is 0.269. The molecule has 0 amide bonds. The first-order valence-electron chi connectivity index (χ1n) is 2.63. The van der Waals surface area contributed by atoms with Gasteiger partial charge in [-0.3, -0.25) is 0 Å². The summed E-state index contributed by atoms with van der Waals surface area (Å²) in [6.45, 7) is 2.10. The molecule has 0 aromatic rings. The molecule has 0 saturated carbocycles. The fraction of sp³-hybridized carbons (Fsp3) is 1.00. The minimum Gasteiger partial charge on any atom is -0.390 e. The summed E-state index contributed by atoms with van der Waals surface area (Å²) < 4.78 is 4.69. The zero-order valence-electron chi connectivity index (χ0n) is 4.79. The van der Waals surface area contributed by atoms with Gasteiger partial charge in [-0.05, 0) is 6.92 Å². The summed E-state index contributed by atoms with van der Waals surface area (Å²) in [5.74, 6) is 0. The molecule has 1 saturated heterocycles. The second kappa shape index (κ2) is 1.69. The molecule has 1 rings (SSSR count). The second-order valence-corrected chi connectivity index (χ2v) is 2.27. The highest BCUT2D eigenvalue weighted by Gasteiger charge is 2.40. The summed E-state index contributed by atoms with van der Waals surface area (Å²) in [5, 5.41) is 17.9. The van der Waals surface area contributed by atoms with Gasteiger partial charge >= 0.3 is 0 Å². The highest BCUT2D eigenvalue weighted by molar-refractivity contribution is 4.89. The van der Waals surface area contributed by atoms with Crippen LogP contribution >= 0.6 is 0 Å². The smallest absolute Gasteiger partial charge is 0.136 e. The number of rotatable bonds is 1. The maximum absolute atomic E-state index is 9.11. The average Bonchev–Trinajstić information content (AvgIpc) is 1.60. The molecule has 3 heteroatoms. The van der Waals surface area contributed by atoms with Crippen molar-refractivity contribution in [1.29, 1.82) is 0 Å². The van der Waals surface area contributed by atoms with Crippen LogP contribution in [0, 0.1) is 0 Å². The van der Waals surface area contributed by atoms with Crippen molar-refractivity contribution in [1.82, 2.24) is 0 Å². The van der Waals surface area contributed by atoms with Crippen LogP contribution < -0.4 is 0 Å². The van der Waals surface area contributed by atoms with E-state index in [0.717, 1.165) is 0 Å². The van der Waals surface area contributed by atoms with Gasteiger partial charge in [0.1, 0.15) is 5.60 Å². The van der Waals surface area contributed by atoms with Gasteiger partial charge in [-0.15, -0.1) is 0 Å². The molecule has 0 radical (unpaired) electrons. The first-order chi connectivity index (χ1) is 3.65. The number of ether oxygens (including phenoxy) is 1. The fourth-order valence-corrected chi connectivity index (χ4v) is 0.552. The predicted octanol–water partition coefficient (Wildman–Crippen LogP) is -0.872. The Morgan fingerprint density at radius 3 is 2.12 bits per heavy atom. The van der Waals surface area contributed by atoms with E-state index in [1.807, 2.05) is 0 Å². The van der Waals surface area contributed by atoms with E-state index in [1.165, 1.54) is 0 Å². The molecular weight excluding hydrogens is 108 g/mol. The first-order valence-corrected chi connectivity index (χ1v) is 2.63. The number of aliphatic hydroxyl groups excluding tert-OH is 1. The third-order valence-corrected chi connectivity index (χ3v) is 1.48. The molecule has 8 heavy (non-hydrogen) atoms. The average molecular weight is 118 g/mol. The topological polar surface area (TPSA) is 49.7 Å². The Kier molecular flexibility index (Phi) is 1.27. The van der Waals surface area contributed by atoms with Crippen LogP contribution in [0.3, 0.4) is 0 Å². The normalized spacial score (nSPS) is 28.9. The van der Waals surface area contributed by atoms with Gasteiger partial charge in [0.25, 0.3) is 0 Å². The van der Waals surface area contributed by atoms with E-state index in [1.54, 1.807) is 6.92 Å². The molecule has 1 atom stereocenters. The van der Waals surface area contributed by atoms with E-state index in [-0.39, 0.29) is 13.2 Å². The third-order valence-electron chi connectivity index (χ3n) is 1.48. The Morgan fingerprint density at radius 2 is 2.12 bits per heavy atom. The number of hydrogen-bond donors (Lipinski definition) is 2. The minimum atomic E-state index is -0.944. The van der Waals surface area contributed by atoms with Crippen LogP contribution in [0.15, 0.2) is 0 Å². The van der Waals surface area contributed by atoms with Crippen molar-refractivity contribution in [2.75, 3.05) is 13.2 Å². The lowest BCUT2D eigenvalue weighted by atomic mass is 9.96. The Balaban J connectivity index is 2.41. The number of hydrogen-bond acceptors (Lipinski definition) is 3. The molecule has 1 fully saturated rings. The van der Waals surface area contributed by atoms with Gasteiger partial charge < -0.3 is 14.9 Å². The van der Waals surface area contributed by atoms with Gasteiger partial charge in [0, 0.05) is 0 Å². The van der Waals surface area contributed by atoms with Gasteiger partial charge in [-0.25, -0.2) is 0 Å². The molecule has 0 aromatic heterocycles. The van der Waals surface area contributed by atoms with Crippen LogP contribution in [0.4, 0.5) is 0 Å². The van der Waals surface area contributed by atoms with Crippen LogP contribution in [-0.2, 0) is 4.74 Å². The standard InChI is InChI=1S/C5H10O3/c1-4(6)5(7)2-8-3-5/h4,6-7H,2-3H2,1H3. The van der Waals surface area contributed by atoms with Gasteiger partial charge in [0.2, 0.25) is 0 Å². The van der Waals surface area contributed by atoms with E-state index >= 15 is 0 Å². The lowest BCUT2D eigenvalue weighted by molar-refractivity contribution is -0.221. The van der Waals surface area contributed by atoms with Crippen molar-refractivity contribution in [2.24, 2.45) is 0 Å². The fourth-order valence-electron chi connectivity index (χ4n) is 0.552. The van der Waals surface area contributed by atoms with E-state index in [2.05, 4.69) is 4.74 Å². The third kappa shape index (κ3) is 0.727. The summed E-state index contributed by atoms with van der Waals surface area (Å²) in [5.41, 5.74) is -0.944. The highest BCUT2D eigenvalue weighted by Crippen LogP contribution is 2.19. The van der Waals surface area contributed by atoms with Crippen molar-refractivity contribution in [3.63, 3.8) is 0 Å². The van der Waals surface area contributed by atoms with Gasteiger partial charge in [-0.2, -0.15) is 0 Å². The van der Waals surface area contributed by atoms with Crippen LogP contribution in [-0.4, -0.2) is 35.1 Å². The van der Waals surface area contributed by atoms with Crippen LogP contribution in [0.25, 0.3) is 0 Å². The molecule has 1 aliphatic heterocycles. The van der Waals surface area contributed by atoms with Crippen LogP contribution in [0.1, 0.15) is 6.92 Å². The molecule has 1 unspecified atom stereocenters. The molecule has 1 heterocycles. The van der Waals surface area contributed by atoms with E-state index in [9.17, 15) is 0 Å². The zero-order chi connectivity index (χ0) is 6.20.